The maximum atomic E-state index is 11.9. The third-order valence-electron chi connectivity index (χ3n) is 3.68. The third kappa shape index (κ3) is 4.32. The number of aliphatic carboxylic acids is 1. The van der Waals surface area contributed by atoms with E-state index >= 15 is 0 Å². The van der Waals surface area contributed by atoms with Crippen LogP contribution in [0.5, 0.6) is 0 Å². The van der Waals surface area contributed by atoms with Crippen LogP contribution in [-0.2, 0) is 16.1 Å². The predicted molar refractivity (Wildman–Crippen MR) is 86.1 cm³/mol. The van der Waals surface area contributed by atoms with Gasteiger partial charge in [0.25, 0.3) is 0 Å². The van der Waals surface area contributed by atoms with E-state index in [0.717, 1.165) is 16.7 Å². The van der Waals surface area contributed by atoms with E-state index in [4.69, 9.17) is 4.74 Å². The molecule has 23 heavy (non-hydrogen) atoms. The Bertz CT molecular complexity index is 697. The topological polar surface area (TPSA) is 75.6 Å². The van der Waals surface area contributed by atoms with Crippen LogP contribution in [0.2, 0.25) is 0 Å². The molecule has 0 aromatic heterocycles. The van der Waals surface area contributed by atoms with Crippen molar-refractivity contribution in [3.8, 4) is 0 Å². The van der Waals surface area contributed by atoms with Crippen molar-refractivity contribution >= 4 is 12.1 Å². The Morgan fingerprint density at radius 2 is 1.78 bits per heavy atom. The molecule has 0 fully saturated rings. The van der Waals surface area contributed by atoms with Gasteiger partial charge in [-0.1, -0.05) is 48.5 Å². The highest BCUT2D eigenvalue weighted by atomic mass is 16.5. The highest BCUT2D eigenvalue weighted by Gasteiger charge is 2.24. The zero-order chi connectivity index (χ0) is 16.8. The number of carbonyl (C=O) groups is 2. The Labute approximate surface area is 134 Å². The molecule has 0 spiro atoms. The fraction of sp³-hybridized carbons (Fsp3) is 0.222. The first-order valence-electron chi connectivity index (χ1n) is 7.25. The Morgan fingerprint density at radius 3 is 2.43 bits per heavy atom. The quantitative estimate of drug-likeness (QED) is 0.887. The Hall–Kier alpha value is -2.82. The number of benzene rings is 2. The smallest absolute Gasteiger partial charge is 0.408 e. The lowest BCUT2D eigenvalue weighted by Gasteiger charge is -2.18. The van der Waals surface area contributed by atoms with E-state index in [2.05, 4.69) is 5.32 Å². The number of hydrogen-bond donors (Lipinski definition) is 2. The molecule has 5 heteroatoms. The number of carboxylic acids is 1. The Morgan fingerprint density at radius 1 is 1.09 bits per heavy atom. The van der Waals surface area contributed by atoms with Crippen LogP contribution >= 0.6 is 0 Å². The molecule has 2 aromatic carbocycles. The molecule has 0 aliphatic heterocycles. The van der Waals surface area contributed by atoms with Crippen LogP contribution in [0.4, 0.5) is 4.79 Å². The number of ether oxygens (including phenoxy) is 1. The van der Waals surface area contributed by atoms with E-state index in [1.807, 2.05) is 50.2 Å². The summed E-state index contributed by atoms with van der Waals surface area (Å²) in [6, 6.07) is 13.4. The minimum atomic E-state index is -1.14. The molecule has 0 aliphatic carbocycles. The van der Waals surface area contributed by atoms with Crippen LogP contribution in [0.3, 0.4) is 0 Å². The van der Waals surface area contributed by atoms with Gasteiger partial charge in [-0.2, -0.15) is 0 Å². The van der Waals surface area contributed by atoms with Gasteiger partial charge in [0.15, 0.2) is 6.04 Å². The summed E-state index contributed by atoms with van der Waals surface area (Å²) in [5.41, 5.74) is 3.19. The molecule has 0 heterocycles. The number of alkyl carbamates (subject to hydrolysis) is 1. The number of carbonyl (C=O) groups excluding carboxylic acids is 1. The van der Waals surface area contributed by atoms with E-state index in [9.17, 15) is 14.7 Å². The van der Waals surface area contributed by atoms with Gasteiger partial charge in [-0.15, -0.1) is 0 Å². The highest BCUT2D eigenvalue weighted by molar-refractivity contribution is 5.81. The van der Waals surface area contributed by atoms with E-state index in [1.54, 1.807) is 12.1 Å². The zero-order valence-electron chi connectivity index (χ0n) is 13.1. The molecule has 0 saturated carbocycles. The number of nitrogens with one attached hydrogen (secondary N) is 1. The van der Waals surface area contributed by atoms with Gasteiger partial charge in [-0.3, -0.25) is 0 Å². The fourth-order valence-electron chi connectivity index (χ4n) is 2.24. The molecule has 2 rings (SSSR count). The normalized spacial score (nSPS) is 11.6. The molecule has 120 valence electrons. The maximum Gasteiger partial charge on any atom is 0.408 e. The van der Waals surface area contributed by atoms with Gasteiger partial charge in [0, 0.05) is 0 Å². The third-order valence-corrected chi connectivity index (χ3v) is 3.68. The molecule has 2 N–H and O–H groups in total. The van der Waals surface area contributed by atoms with E-state index in [1.165, 1.54) is 0 Å². The lowest BCUT2D eigenvalue weighted by atomic mass is 9.97. The summed E-state index contributed by atoms with van der Waals surface area (Å²) < 4.78 is 5.09. The van der Waals surface area contributed by atoms with Gasteiger partial charge >= 0.3 is 12.1 Å². The summed E-state index contributed by atoms with van der Waals surface area (Å²) in [7, 11) is 0. The van der Waals surface area contributed by atoms with Crippen LogP contribution in [0.25, 0.3) is 0 Å². The average molecular weight is 313 g/mol. The van der Waals surface area contributed by atoms with Crippen molar-refractivity contribution < 1.29 is 19.4 Å². The largest absolute Gasteiger partial charge is 0.479 e. The van der Waals surface area contributed by atoms with Gasteiger partial charge in [0.05, 0.1) is 0 Å². The van der Waals surface area contributed by atoms with Crippen molar-refractivity contribution in [1.29, 1.82) is 0 Å². The second kappa shape index (κ2) is 7.45. The van der Waals surface area contributed by atoms with Crippen LogP contribution in [0, 0.1) is 13.8 Å². The molecule has 1 unspecified atom stereocenters. The number of carboxylic acid groups (broad SMARTS) is 1. The first-order valence-corrected chi connectivity index (χ1v) is 7.25. The Kier molecular flexibility index (Phi) is 5.36. The average Bonchev–Trinajstić information content (AvgIpc) is 2.54. The van der Waals surface area contributed by atoms with Crippen LogP contribution in [0.1, 0.15) is 28.3 Å². The Balaban J connectivity index is 2.06. The minimum absolute atomic E-state index is 0.0891. The minimum Gasteiger partial charge on any atom is -0.479 e. The van der Waals surface area contributed by atoms with Crippen LogP contribution < -0.4 is 5.32 Å². The summed E-state index contributed by atoms with van der Waals surface area (Å²) in [5, 5.41) is 11.8. The highest BCUT2D eigenvalue weighted by Crippen LogP contribution is 2.21. The number of aryl methyl sites for hydroxylation is 1. The molecule has 1 atom stereocenters. The molecule has 0 saturated heterocycles. The van der Waals surface area contributed by atoms with E-state index in [0.29, 0.717) is 5.56 Å². The molecular formula is C18H19NO4. The molecule has 1 amide bonds. The monoisotopic (exact) mass is 313 g/mol. The first-order chi connectivity index (χ1) is 11.0. The number of amides is 1. The summed E-state index contributed by atoms with van der Waals surface area (Å²) in [6.07, 6.45) is -0.762. The summed E-state index contributed by atoms with van der Waals surface area (Å²) >= 11 is 0. The van der Waals surface area contributed by atoms with E-state index < -0.39 is 18.1 Å². The molecule has 0 bridgehead atoms. The van der Waals surface area contributed by atoms with Gasteiger partial charge < -0.3 is 15.2 Å². The fourth-order valence-corrected chi connectivity index (χ4v) is 2.24. The number of rotatable bonds is 5. The molecule has 0 radical (unpaired) electrons. The SMILES string of the molecule is Cc1cccc(C(NC(=O)OCc2ccccc2)C(=O)O)c1C. The van der Waals surface area contributed by atoms with Gasteiger partial charge in [0.1, 0.15) is 6.61 Å². The van der Waals surface area contributed by atoms with Crippen molar-refractivity contribution in [2.24, 2.45) is 0 Å². The van der Waals surface area contributed by atoms with Crippen LogP contribution in [0.15, 0.2) is 48.5 Å². The molecular weight excluding hydrogens is 294 g/mol. The maximum absolute atomic E-state index is 11.9. The summed E-state index contributed by atoms with van der Waals surface area (Å²) in [4.78, 5) is 23.4. The molecule has 2 aromatic rings. The second-order valence-corrected chi connectivity index (χ2v) is 5.27. The van der Waals surface area contributed by atoms with Crippen molar-refractivity contribution in [3.05, 3.63) is 70.8 Å². The van der Waals surface area contributed by atoms with Crippen molar-refractivity contribution in [2.75, 3.05) is 0 Å². The van der Waals surface area contributed by atoms with Gasteiger partial charge in [-0.25, -0.2) is 9.59 Å². The zero-order valence-corrected chi connectivity index (χ0v) is 13.1. The summed E-state index contributed by atoms with van der Waals surface area (Å²) in [5.74, 6) is -1.13. The predicted octanol–water partition coefficient (Wildman–Crippen LogP) is 3.36. The second-order valence-electron chi connectivity index (χ2n) is 5.27. The van der Waals surface area contributed by atoms with Gasteiger partial charge in [-0.05, 0) is 36.1 Å². The van der Waals surface area contributed by atoms with Crippen molar-refractivity contribution in [1.82, 2.24) is 5.32 Å². The van der Waals surface area contributed by atoms with Crippen molar-refractivity contribution in [3.63, 3.8) is 0 Å². The lowest BCUT2D eigenvalue weighted by molar-refractivity contribution is -0.139. The van der Waals surface area contributed by atoms with Crippen molar-refractivity contribution in [2.45, 2.75) is 26.5 Å². The molecule has 5 nitrogen and oxygen atoms in total. The number of hydrogen-bond acceptors (Lipinski definition) is 3. The molecule has 0 aliphatic rings. The summed E-state index contributed by atoms with van der Waals surface area (Å²) in [6.45, 7) is 3.81. The standard InChI is InChI=1S/C18H19NO4/c1-12-7-6-10-15(13(12)2)16(17(20)21)19-18(22)23-11-14-8-4-3-5-9-14/h3-10,16H,11H2,1-2H3,(H,19,22)(H,20,21). The van der Waals surface area contributed by atoms with E-state index in [-0.39, 0.29) is 6.61 Å². The first kappa shape index (κ1) is 16.5. The van der Waals surface area contributed by atoms with Crippen LogP contribution in [-0.4, -0.2) is 17.2 Å². The lowest BCUT2D eigenvalue weighted by Crippen LogP contribution is -2.34. The van der Waals surface area contributed by atoms with Gasteiger partial charge in [0.2, 0.25) is 0 Å².